The SMILES string of the molecule is CC[C@@H]1NC(=O)[C@@H](C)NC(=O)c2csc(n2)[C@H](C(C)C)NC(=O)CN(Cc2ccc(C)cn2)C[C@H](Cc2ccccc2)NC(=O)[C@H](CCSC)NC1=O. The maximum absolute atomic E-state index is 14.1. The topological polar surface area (TPSA) is 175 Å². The van der Waals surface area contributed by atoms with Gasteiger partial charge in [0, 0.05) is 30.7 Å². The van der Waals surface area contributed by atoms with Crippen molar-refractivity contribution in [2.24, 2.45) is 5.92 Å². The lowest BCUT2D eigenvalue weighted by Crippen LogP contribution is -2.57. The summed E-state index contributed by atoms with van der Waals surface area (Å²) in [7, 11) is 0. The standard InChI is InChI=1S/C38H52N8O5S2/c1-7-29-35(49)43-30(15-16-52-6)36(50)41-28(17-26-11-9-8-10-12-26)20-46(19-27-14-13-24(4)18-39-27)21-32(47)45-33(23(2)3)38-44-31(22-53-38)37(51)40-25(5)34(48)42-29/h8-14,18,22-23,25,28-30,33H,7,15-17,19-21H2,1-6H3,(H,40,51)(H,41,50)(H,42,48)(H,43,49)(H,45,47)/t25-,28+,29+,30+,33+/m1/s1. The van der Waals surface area contributed by atoms with Gasteiger partial charge in [-0.1, -0.05) is 57.2 Å². The van der Waals surface area contributed by atoms with Crippen LogP contribution in [0.2, 0.25) is 0 Å². The molecule has 2 bridgehead atoms. The molecule has 2 aromatic heterocycles. The number of pyridine rings is 1. The van der Waals surface area contributed by atoms with E-state index in [0.29, 0.717) is 36.7 Å². The Balaban J connectivity index is 1.73. The molecular weight excluding hydrogens is 713 g/mol. The van der Waals surface area contributed by atoms with E-state index >= 15 is 0 Å². The summed E-state index contributed by atoms with van der Waals surface area (Å²) < 4.78 is 0. The Hall–Kier alpha value is -4.34. The molecular formula is C38H52N8O5S2. The molecule has 53 heavy (non-hydrogen) atoms. The van der Waals surface area contributed by atoms with Crippen molar-refractivity contribution in [3.05, 3.63) is 81.6 Å². The molecule has 5 N–H and O–H groups in total. The Bertz CT molecular complexity index is 1690. The third-order valence-corrected chi connectivity index (χ3v) is 10.5. The second kappa shape index (κ2) is 20.2. The molecule has 3 aromatic rings. The summed E-state index contributed by atoms with van der Waals surface area (Å²) in [6.07, 6.45) is 4.80. The third-order valence-electron chi connectivity index (χ3n) is 8.90. The van der Waals surface area contributed by atoms with Crippen LogP contribution in [-0.4, -0.2) is 93.7 Å². The van der Waals surface area contributed by atoms with Crippen molar-refractivity contribution in [1.82, 2.24) is 41.5 Å². The van der Waals surface area contributed by atoms with Gasteiger partial charge in [0.15, 0.2) is 0 Å². The molecule has 0 unspecified atom stereocenters. The molecule has 4 rings (SSSR count). The van der Waals surface area contributed by atoms with Gasteiger partial charge >= 0.3 is 0 Å². The highest BCUT2D eigenvalue weighted by molar-refractivity contribution is 7.98. The first-order chi connectivity index (χ1) is 25.4. The molecule has 1 aliphatic rings. The van der Waals surface area contributed by atoms with Crippen molar-refractivity contribution >= 4 is 52.6 Å². The first-order valence-electron chi connectivity index (χ1n) is 18.0. The molecule has 5 amide bonds. The van der Waals surface area contributed by atoms with Crippen LogP contribution in [0.15, 0.2) is 54.0 Å². The van der Waals surface area contributed by atoms with Crippen LogP contribution >= 0.6 is 23.1 Å². The smallest absolute Gasteiger partial charge is 0.271 e. The fraction of sp³-hybridized carbons (Fsp3) is 0.500. The highest BCUT2D eigenvalue weighted by atomic mass is 32.2. The number of nitrogens with one attached hydrogen (secondary N) is 5. The van der Waals surface area contributed by atoms with Gasteiger partial charge in [-0.25, -0.2) is 4.98 Å². The normalized spacial score (nSPS) is 22.9. The van der Waals surface area contributed by atoms with Crippen molar-refractivity contribution in [3.63, 3.8) is 0 Å². The number of aryl methyl sites for hydroxylation is 1. The van der Waals surface area contributed by atoms with Gasteiger partial charge in [0.05, 0.1) is 18.3 Å². The number of fused-ring (bicyclic) bond motifs is 2. The zero-order valence-electron chi connectivity index (χ0n) is 31.3. The van der Waals surface area contributed by atoms with E-state index in [2.05, 4.69) is 36.6 Å². The van der Waals surface area contributed by atoms with E-state index in [1.807, 2.05) is 74.4 Å². The summed E-state index contributed by atoms with van der Waals surface area (Å²) >= 11 is 2.80. The van der Waals surface area contributed by atoms with E-state index in [-0.39, 0.29) is 36.4 Å². The van der Waals surface area contributed by atoms with Crippen molar-refractivity contribution < 1.29 is 24.0 Å². The highest BCUT2D eigenvalue weighted by Gasteiger charge is 2.31. The largest absolute Gasteiger partial charge is 0.350 e. The minimum Gasteiger partial charge on any atom is -0.350 e. The monoisotopic (exact) mass is 764 g/mol. The lowest BCUT2D eigenvalue weighted by Gasteiger charge is -2.30. The first kappa shape index (κ1) is 41.4. The quantitative estimate of drug-likeness (QED) is 0.219. The molecule has 0 fully saturated rings. The summed E-state index contributed by atoms with van der Waals surface area (Å²) in [4.78, 5) is 79.0. The minimum absolute atomic E-state index is 0.00519. The van der Waals surface area contributed by atoms with Crippen molar-refractivity contribution in [2.75, 3.05) is 25.1 Å². The Morgan fingerprint density at radius 1 is 0.925 bits per heavy atom. The van der Waals surface area contributed by atoms with Crippen molar-refractivity contribution in [1.29, 1.82) is 0 Å². The van der Waals surface area contributed by atoms with Crippen molar-refractivity contribution in [3.8, 4) is 0 Å². The number of thioether (sulfide) groups is 1. The number of hydrogen-bond acceptors (Lipinski definition) is 10. The van der Waals surface area contributed by atoms with Crippen LogP contribution in [0.3, 0.4) is 0 Å². The van der Waals surface area contributed by atoms with Gasteiger partial charge in [-0.05, 0) is 68.2 Å². The first-order valence-corrected chi connectivity index (χ1v) is 20.3. The Morgan fingerprint density at radius 3 is 2.30 bits per heavy atom. The molecule has 286 valence electrons. The van der Waals surface area contributed by atoms with E-state index in [1.165, 1.54) is 18.3 Å². The molecule has 0 saturated heterocycles. The van der Waals surface area contributed by atoms with Crippen LogP contribution in [0.5, 0.6) is 0 Å². The van der Waals surface area contributed by atoms with E-state index in [1.54, 1.807) is 30.3 Å². The molecule has 13 nitrogen and oxygen atoms in total. The zero-order chi connectivity index (χ0) is 38.5. The Morgan fingerprint density at radius 2 is 1.64 bits per heavy atom. The second-order valence-corrected chi connectivity index (χ2v) is 15.6. The number of benzene rings is 1. The van der Waals surface area contributed by atoms with Crippen LogP contribution in [-0.2, 0) is 32.1 Å². The molecule has 15 heteroatoms. The predicted octanol–water partition coefficient (Wildman–Crippen LogP) is 3.15. The van der Waals surface area contributed by atoms with Crippen LogP contribution in [0.1, 0.15) is 78.9 Å². The maximum Gasteiger partial charge on any atom is 0.271 e. The van der Waals surface area contributed by atoms with Gasteiger partial charge in [-0.2, -0.15) is 11.8 Å². The fourth-order valence-electron chi connectivity index (χ4n) is 5.91. The van der Waals surface area contributed by atoms with Crippen LogP contribution < -0.4 is 26.6 Å². The summed E-state index contributed by atoms with van der Waals surface area (Å²) in [5.74, 6) is -1.67. The summed E-state index contributed by atoms with van der Waals surface area (Å²) in [5.41, 5.74) is 2.90. The van der Waals surface area contributed by atoms with Gasteiger partial charge < -0.3 is 26.6 Å². The number of rotatable bonds is 9. The molecule has 1 aromatic carbocycles. The van der Waals surface area contributed by atoms with E-state index < -0.39 is 47.9 Å². The Labute approximate surface area is 320 Å². The van der Waals surface area contributed by atoms with E-state index in [0.717, 1.165) is 16.8 Å². The van der Waals surface area contributed by atoms with Gasteiger partial charge in [-0.15, -0.1) is 11.3 Å². The van der Waals surface area contributed by atoms with Gasteiger partial charge in [-0.3, -0.25) is 33.9 Å². The van der Waals surface area contributed by atoms with E-state index in [9.17, 15) is 24.0 Å². The fourth-order valence-corrected chi connectivity index (χ4v) is 7.40. The minimum atomic E-state index is -0.979. The number of carbonyl (C=O) groups excluding carboxylic acids is 5. The summed E-state index contributed by atoms with van der Waals surface area (Å²) in [5, 5.41) is 16.8. The number of nitrogens with zero attached hydrogens (tertiary/aromatic N) is 3. The molecule has 0 radical (unpaired) electrons. The molecule has 0 aliphatic carbocycles. The number of thiazole rings is 1. The number of aromatic nitrogens is 2. The lowest BCUT2D eigenvalue weighted by molar-refractivity contribution is -0.132. The predicted molar refractivity (Wildman–Crippen MR) is 208 cm³/mol. The average molecular weight is 765 g/mol. The third kappa shape index (κ3) is 12.6. The molecule has 1 aliphatic heterocycles. The maximum atomic E-state index is 14.1. The highest BCUT2D eigenvalue weighted by Crippen LogP contribution is 2.25. The molecule has 5 atom stereocenters. The van der Waals surface area contributed by atoms with E-state index in [4.69, 9.17) is 0 Å². The van der Waals surface area contributed by atoms with Crippen LogP contribution in [0.25, 0.3) is 0 Å². The average Bonchev–Trinajstić information content (AvgIpc) is 3.62. The Kier molecular flexibility index (Phi) is 15.8. The summed E-state index contributed by atoms with van der Waals surface area (Å²) in [6.45, 7) is 9.81. The van der Waals surface area contributed by atoms with Crippen LogP contribution in [0, 0.1) is 12.8 Å². The number of amides is 5. The molecule has 0 saturated carbocycles. The number of hydrogen-bond donors (Lipinski definition) is 5. The molecule has 0 spiro atoms. The second-order valence-electron chi connectivity index (χ2n) is 13.8. The van der Waals surface area contributed by atoms with Gasteiger partial charge in [0.1, 0.15) is 28.8 Å². The zero-order valence-corrected chi connectivity index (χ0v) is 32.9. The van der Waals surface area contributed by atoms with Crippen molar-refractivity contribution in [2.45, 2.75) is 90.6 Å². The molecule has 3 heterocycles. The summed E-state index contributed by atoms with van der Waals surface area (Å²) in [6, 6.07) is 9.94. The lowest BCUT2D eigenvalue weighted by atomic mass is 10.0. The van der Waals surface area contributed by atoms with Crippen LogP contribution in [0.4, 0.5) is 0 Å². The van der Waals surface area contributed by atoms with Gasteiger partial charge in [0.25, 0.3) is 5.91 Å². The number of carbonyl (C=O) groups is 5. The van der Waals surface area contributed by atoms with Gasteiger partial charge in [0.2, 0.25) is 23.6 Å².